The fourth-order valence-corrected chi connectivity index (χ4v) is 1.82. The van der Waals surface area contributed by atoms with Gasteiger partial charge in [-0.15, -0.1) is 0 Å². The summed E-state index contributed by atoms with van der Waals surface area (Å²) in [7, 11) is 1.99. The van der Waals surface area contributed by atoms with E-state index in [0.29, 0.717) is 0 Å². The predicted octanol–water partition coefficient (Wildman–Crippen LogP) is 1.72. The number of hydrogen-bond acceptors (Lipinski definition) is 2. The Labute approximate surface area is 84.7 Å². The van der Waals surface area contributed by atoms with Crippen LogP contribution in [0.4, 0.5) is 8.78 Å². The molecule has 1 fully saturated rings. The molecule has 0 radical (unpaired) electrons. The summed E-state index contributed by atoms with van der Waals surface area (Å²) >= 11 is 0. The van der Waals surface area contributed by atoms with E-state index in [9.17, 15) is 8.78 Å². The fourth-order valence-electron chi connectivity index (χ4n) is 1.82. The van der Waals surface area contributed by atoms with Crippen LogP contribution >= 0.6 is 0 Å². The standard InChI is InChI=1S/C10H20F2N2/c1-3-4-5-14(2)7-9-6-10(11,12)8-13-9/h9,13H,3-8H2,1-2H3. The second kappa shape index (κ2) is 5.03. The second-order valence-electron chi connectivity index (χ2n) is 4.25. The molecule has 0 amide bonds. The lowest BCUT2D eigenvalue weighted by Gasteiger charge is -2.20. The largest absolute Gasteiger partial charge is 0.307 e. The van der Waals surface area contributed by atoms with Gasteiger partial charge in [0.05, 0.1) is 6.54 Å². The van der Waals surface area contributed by atoms with E-state index in [-0.39, 0.29) is 19.0 Å². The first-order chi connectivity index (χ1) is 6.53. The highest BCUT2D eigenvalue weighted by molar-refractivity contribution is 4.88. The van der Waals surface area contributed by atoms with Crippen molar-refractivity contribution in [2.24, 2.45) is 0 Å². The van der Waals surface area contributed by atoms with Gasteiger partial charge in [-0.2, -0.15) is 0 Å². The van der Waals surface area contributed by atoms with E-state index in [1.54, 1.807) is 0 Å². The molecule has 1 aliphatic rings. The molecule has 1 unspecified atom stereocenters. The van der Waals surface area contributed by atoms with Crippen LogP contribution in [0.5, 0.6) is 0 Å². The summed E-state index contributed by atoms with van der Waals surface area (Å²) in [6, 6.07) is -0.0353. The van der Waals surface area contributed by atoms with Crippen molar-refractivity contribution in [1.82, 2.24) is 10.2 Å². The second-order valence-corrected chi connectivity index (χ2v) is 4.25. The molecule has 0 saturated carbocycles. The lowest BCUT2D eigenvalue weighted by atomic mass is 10.2. The van der Waals surface area contributed by atoms with Crippen LogP contribution in [0.2, 0.25) is 0 Å². The molecule has 1 rings (SSSR count). The highest BCUT2D eigenvalue weighted by Gasteiger charge is 2.39. The Morgan fingerprint density at radius 1 is 1.50 bits per heavy atom. The van der Waals surface area contributed by atoms with Crippen LogP contribution in [0.3, 0.4) is 0 Å². The van der Waals surface area contributed by atoms with Gasteiger partial charge in [-0.3, -0.25) is 0 Å². The smallest absolute Gasteiger partial charge is 0.261 e. The summed E-state index contributed by atoms with van der Waals surface area (Å²) in [6.45, 7) is 3.71. The topological polar surface area (TPSA) is 15.3 Å². The molecule has 14 heavy (non-hydrogen) atoms. The van der Waals surface area contributed by atoms with Crippen molar-refractivity contribution in [3.63, 3.8) is 0 Å². The highest BCUT2D eigenvalue weighted by Crippen LogP contribution is 2.25. The maximum atomic E-state index is 12.8. The van der Waals surface area contributed by atoms with Gasteiger partial charge < -0.3 is 10.2 Å². The number of nitrogens with zero attached hydrogens (tertiary/aromatic N) is 1. The van der Waals surface area contributed by atoms with Gasteiger partial charge in [0.25, 0.3) is 5.92 Å². The normalized spacial score (nSPS) is 25.9. The molecular weight excluding hydrogens is 186 g/mol. The third-order valence-electron chi connectivity index (χ3n) is 2.62. The minimum atomic E-state index is -2.49. The average molecular weight is 206 g/mol. The SMILES string of the molecule is CCCCN(C)CC1CC(F)(F)CN1. The number of unbranched alkanes of at least 4 members (excludes halogenated alkanes) is 1. The molecule has 0 aliphatic carbocycles. The number of likely N-dealkylation sites (N-methyl/N-ethyl adjacent to an activating group) is 1. The van der Waals surface area contributed by atoms with Gasteiger partial charge in [-0.25, -0.2) is 8.78 Å². The molecule has 0 aromatic heterocycles. The van der Waals surface area contributed by atoms with Crippen LogP contribution in [0.15, 0.2) is 0 Å². The zero-order valence-corrected chi connectivity index (χ0v) is 9.02. The number of nitrogens with one attached hydrogen (secondary N) is 1. The van der Waals surface area contributed by atoms with Crippen molar-refractivity contribution in [3.05, 3.63) is 0 Å². The molecule has 1 heterocycles. The Balaban J connectivity index is 2.18. The van der Waals surface area contributed by atoms with Gasteiger partial charge >= 0.3 is 0 Å². The first kappa shape index (κ1) is 11.9. The minimum Gasteiger partial charge on any atom is -0.307 e. The molecule has 4 heteroatoms. The van der Waals surface area contributed by atoms with Crippen molar-refractivity contribution in [2.45, 2.75) is 38.2 Å². The molecule has 0 spiro atoms. The molecule has 0 aromatic carbocycles. The molecule has 1 aliphatic heterocycles. The van der Waals surface area contributed by atoms with E-state index in [1.807, 2.05) is 7.05 Å². The Morgan fingerprint density at radius 2 is 2.21 bits per heavy atom. The summed E-state index contributed by atoms with van der Waals surface area (Å²) < 4.78 is 25.6. The van der Waals surface area contributed by atoms with Crippen LogP contribution in [0.25, 0.3) is 0 Å². The quantitative estimate of drug-likeness (QED) is 0.736. The van der Waals surface area contributed by atoms with Crippen molar-refractivity contribution in [1.29, 1.82) is 0 Å². The van der Waals surface area contributed by atoms with E-state index in [4.69, 9.17) is 0 Å². The van der Waals surface area contributed by atoms with Gasteiger partial charge in [0.2, 0.25) is 0 Å². The van der Waals surface area contributed by atoms with E-state index >= 15 is 0 Å². The first-order valence-electron chi connectivity index (χ1n) is 5.33. The molecule has 0 bridgehead atoms. The molecule has 1 N–H and O–H groups in total. The summed E-state index contributed by atoms with van der Waals surface area (Å²) in [5, 5.41) is 2.86. The lowest BCUT2D eigenvalue weighted by Crippen LogP contribution is -2.35. The molecular formula is C10H20F2N2. The number of halogens is 2. The van der Waals surface area contributed by atoms with E-state index in [2.05, 4.69) is 17.1 Å². The maximum absolute atomic E-state index is 12.8. The summed E-state index contributed by atoms with van der Waals surface area (Å²) in [5.74, 6) is -2.49. The van der Waals surface area contributed by atoms with E-state index in [1.165, 1.54) is 0 Å². The zero-order valence-electron chi connectivity index (χ0n) is 9.02. The Bertz CT molecular complexity index is 174. The maximum Gasteiger partial charge on any atom is 0.261 e. The van der Waals surface area contributed by atoms with Crippen LogP contribution in [0.1, 0.15) is 26.2 Å². The highest BCUT2D eigenvalue weighted by atomic mass is 19.3. The number of rotatable bonds is 5. The molecule has 1 saturated heterocycles. The Hall–Kier alpha value is -0.220. The van der Waals surface area contributed by atoms with Crippen LogP contribution in [-0.2, 0) is 0 Å². The van der Waals surface area contributed by atoms with Crippen molar-refractivity contribution < 1.29 is 8.78 Å². The van der Waals surface area contributed by atoms with Crippen LogP contribution in [0, 0.1) is 0 Å². The average Bonchev–Trinajstić information content (AvgIpc) is 2.42. The van der Waals surface area contributed by atoms with Crippen LogP contribution < -0.4 is 5.32 Å². The van der Waals surface area contributed by atoms with Crippen molar-refractivity contribution in [3.8, 4) is 0 Å². The van der Waals surface area contributed by atoms with Crippen molar-refractivity contribution in [2.75, 3.05) is 26.7 Å². The third-order valence-corrected chi connectivity index (χ3v) is 2.62. The van der Waals surface area contributed by atoms with Gasteiger partial charge in [0, 0.05) is 19.0 Å². The zero-order chi connectivity index (χ0) is 10.6. The van der Waals surface area contributed by atoms with Gasteiger partial charge in [0.15, 0.2) is 0 Å². The van der Waals surface area contributed by atoms with Crippen LogP contribution in [-0.4, -0.2) is 43.5 Å². The van der Waals surface area contributed by atoms with Gasteiger partial charge in [-0.1, -0.05) is 13.3 Å². The molecule has 2 nitrogen and oxygen atoms in total. The molecule has 84 valence electrons. The fraction of sp³-hybridized carbons (Fsp3) is 1.00. The minimum absolute atomic E-state index is 0.0105. The Morgan fingerprint density at radius 3 is 2.71 bits per heavy atom. The number of alkyl halides is 2. The van der Waals surface area contributed by atoms with E-state index < -0.39 is 5.92 Å². The molecule has 1 atom stereocenters. The summed E-state index contributed by atoms with van der Waals surface area (Å²) in [6.07, 6.45) is 2.28. The Kier molecular flexibility index (Phi) is 4.26. The lowest BCUT2D eigenvalue weighted by molar-refractivity contribution is 0.0202. The summed E-state index contributed by atoms with van der Waals surface area (Å²) in [5.41, 5.74) is 0. The van der Waals surface area contributed by atoms with Crippen molar-refractivity contribution >= 4 is 0 Å². The van der Waals surface area contributed by atoms with Gasteiger partial charge in [-0.05, 0) is 20.0 Å². The van der Waals surface area contributed by atoms with E-state index in [0.717, 1.165) is 25.9 Å². The molecule has 0 aromatic rings. The first-order valence-corrected chi connectivity index (χ1v) is 5.33. The monoisotopic (exact) mass is 206 g/mol. The summed E-state index contributed by atoms with van der Waals surface area (Å²) in [4.78, 5) is 2.13. The third kappa shape index (κ3) is 3.88. The predicted molar refractivity (Wildman–Crippen MR) is 53.8 cm³/mol. The number of hydrogen-bond donors (Lipinski definition) is 1. The van der Waals surface area contributed by atoms with Gasteiger partial charge in [0.1, 0.15) is 0 Å².